The summed E-state index contributed by atoms with van der Waals surface area (Å²) in [5.41, 5.74) is 5.81. The van der Waals surface area contributed by atoms with Crippen LogP contribution >= 0.6 is 12.4 Å². The maximum Gasteiger partial charge on any atom is 0.387 e. The average Bonchev–Trinajstić information content (AvgIpc) is 3.30. The van der Waals surface area contributed by atoms with Crippen LogP contribution < -0.4 is 15.8 Å². The Morgan fingerprint density at radius 2 is 1.96 bits per heavy atom. The number of ether oxygens (including phenoxy) is 1. The number of carbonyl (C=O) groups is 2. The van der Waals surface area contributed by atoms with E-state index in [4.69, 9.17) is 5.73 Å². The normalized spacial score (nSPS) is 24.1. The fourth-order valence-electron chi connectivity index (χ4n) is 4.07. The SMILES string of the molecule is Cl.NCC1CCCC1NC(=O)C1CCCN1C(=O)c1ccccc1OC(F)F. The van der Waals surface area contributed by atoms with Crippen LogP contribution in [0.1, 0.15) is 42.5 Å². The molecule has 3 unspecified atom stereocenters. The van der Waals surface area contributed by atoms with E-state index in [9.17, 15) is 18.4 Å². The van der Waals surface area contributed by atoms with Crippen LogP contribution in [0.2, 0.25) is 0 Å². The van der Waals surface area contributed by atoms with Gasteiger partial charge in [-0.25, -0.2) is 0 Å². The van der Waals surface area contributed by atoms with Crippen molar-refractivity contribution in [1.29, 1.82) is 0 Å². The second-order valence-electron chi connectivity index (χ2n) is 7.07. The first-order valence-electron chi connectivity index (χ1n) is 9.36. The highest BCUT2D eigenvalue weighted by Crippen LogP contribution is 2.28. The number of alkyl halides is 2. The van der Waals surface area contributed by atoms with E-state index in [-0.39, 0.29) is 41.6 Å². The van der Waals surface area contributed by atoms with Crippen molar-refractivity contribution in [3.8, 4) is 5.75 Å². The summed E-state index contributed by atoms with van der Waals surface area (Å²) in [6.07, 6.45) is 4.15. The summed E-state index contributed by atoms with van der Waals surface area (Å²) >= 11 is 0. The molecule has 0 radical (unpaired) electrons. The van der Waals surface area contributed by atoms with E-state index in [0.29, 0.717) is 25.9 Å². The molecule has 1 aromatic rings. The van der Waals surface area contributed by atoms with Crippen molar-refractivity contribution in [3.63, 3.8) is 0 Å². The topological polar surface area (TPSA) is 84.7 Å². The molecule has 28 heavy (non-hydrogen) atoms. The van der Waals surface area contributed by atoms with Gasteiger partial charge >= 0.3 is 6.61 Å². The number of benzene rings is 1. The van der Waals surface area contributed by atoms with Gasteiger partial charge in [-0.2, -0.15) is 8.78 Å². The zero-order chi connectivity index (χ0) is 19.4. The third kappa shape index (κ3) is 4.91. The van der Waals surface area contributed by atoms with Crippen molar-refractivity contribution < 1.29 is 23.1 Å². The van der Waals surface area contributed by atoms with Crippen molar-refractivity contribution in [2.75, 3.05) is 13.1 Å². The lowest BCUT2D eigenvalue weighted by atomic mass is 10.0. The molecule has 1 saturated heterocycles. The highest BCUT2D eigenvalue weighted by molar-refractivity contribution is 6.00. The minimum atomic E-state index is -3.02. The Labute approximate surface area is 169 Å². The monoisotopic (exact) mass is 417 g/mol. The molecule has 0 spiro atoms. The summed E-state index contributed by atoms with van der Waals surface area (Å²) in [6.45, 7) is -2.09. The molecule has 0 bridgehead atoms. The highest BCUT2D eigenvalue weighted by atomic mass is 35.5. The van der Waals surface area contributed by atoms with Crippen molar-refractivity contribution in [2.24, 2.45) is 11.7 Å². The maximum atomic E-state index is 12.9. The van der Waals surface area contributed by atoms with E-state index in [1.165, 1.54) is 23.1 Å². The number of halogens is 3. The summed E-state index contributed by atoms with van der Waals surface area (Å²) in [5, 5.41) is 3.04. The Morgan fingerprint density at radius 1 is 1.21 bits per heavy atom. The van der Waals surface area contributed by atoms with Gasteiger partial charge < -0.3 is 20.7 Å². The predicted molar refractivity (Wildman–Crippen MR) is 103 cm³/mol. The Bertz CT molecular complexity index is 692. The zero-order valence-electron chi connectivity index (χ0n) is 15.5. The fourth-order valence-corrected chi connectivity index (χ4v) is 4.07. The number of nitrogens with zero attached hydrogens (tertiary/aromatic N) is 1. The number of carbonyl (C=O) groups excluding carboxylic acids is 2. The van der Waals surface area contributed by atoms with Crippen LogP contribution in [0.3, 0.4) is 0 Å². The summed E-state index contributed by atoms with van der Waals surface area (Å²) in [5.74, 6) is -0.577. The van der Waals surface area contributed by atoms with E-state index < -0.39 is 18.6 Å². The minimum absolute atomic E-state index is 0. The van der Waals surface area contributed by atoms with Gasteiger partial charge in [-0.1, -0.05) is 18.6 Å². The third-order valence-corrected chi connectivity index (χ3v) is 5.44. The molecule has 3 N–H and O–H groups in total. The number of likely N-dealkylation sites (tertiary alicyclic amines) is 1. The van der Waals surface area contributed by atoms with E-state index in [1.807, 2.05) is 0 Å². The molecule has 6 nitrogen and oxygen atoms in total. The number of nitrogens with one attached hydrogen (secondary N) is 1. The lowest BCUT2D eigenvalue weighted by Gasteiger charge is -2.27. The van der Waals surface area contributed by atoms with Gasteiger partial charge in [0.15, 0.2) is 0 Å². The van der Waals surface area contributed by atoms with Gasteiger partial charge in [-0.05, 0) is 50.3 Å². The predicted octanol–water partition coefficient (Wildman–Crippen LogP) is 2.56. The molecule has 1 aromatic carbocycles. The Hall–Kier alpha value is -1.93. The van der Waals surface area contributed by atoms with Crippen molar-refractivity contribution >= 4 is 24.2 Å². The van der Waals surface area contributed by atoms with Gasteiger partial charge in [0.25, 0.3) is 5.91 Å². The van der Waals surface area contributed by atoms with Crippen LogP contribution in [0.25, 0.3) is 0 Å². The van der Waals surface area contributed by atoms with E-state index in [2.05, 4.69) is 10.1 Å². The summed E-state index contributed by atoms with van der Waals surface area (Å²) in [6, 6.07) is 5.31. The smallest absolute Gasteiger partial charge is 0.387 e. The summed E-state index contributed by atoms with van der Waals surface area (Å²) < 4.78 is 29.7. The standard InChI is InChI=1S/C19H25F2N3O3.ClH/c20-19(21)27-16-9-2-1-6-13(16)18(26)24-10-4-8-15(24)17(25)23-14-7-3-5-12(14)11-22;/h1-2,6,9,12,14-15,19H,3-5,7-8,10-11,22H2,(H,23,25);1H. The van der Waals surface area contributed by atoms with Crippen LogP contribution in [-0.4, -0.2) is 48.5 Å². The lowest BCUT2D eigenvalue weighted by Crippen LogP contribution is -2.50. The molecular formula is C19H26ClF2N3O3. The second kappa shape index (κ2) is 10.0. The largest absolute Gasteiger partial charge is 0.434 e. The third-order valence-electron chi connectivity index (χ3n) is 5.44. The highest BCUT2D eigenvalue weighted by Gasteiger charge is 2.37. The molecule has 2 amide bonds. The first-order chi connectivity index (χ1) is 13.0. The Balaban J connectivity index is 0.00000280. The van der Waals surface area contributed by atoms with Gasteiger partial charge in [0, 0.05) is 12.6 Å². The number of para-hydroxylation sites is 1. The average molecular weight is 418 g/mol. The molecule has 0 aromatic heterocycles. The van der Waals surface area contributed by atoms with Crippen LogP contribution in [0, 0.1) is 5.92 Å². The number of rotatable bonds is 6. The maximum absolute atomic E-state index is 12.9. The van der Waals surface area contributed by atoms with Crippen molar-refractivity contribution in [2.45, 2.75) is 50.8 Å². The number of nitrogens with two attached hydrogens (primary N) is 1. The first kappa shape index (κ1) is 22.4. The summed E-state index contributed by atoms with van der Waals surface area (Å²) in [4.78, 5) is 27.2. The van der Waals surface area contributed by atoms with Gasteiger partial charge in [0.2, 0.25) is 5.91 Å². The molecule has 2 aliphatic rings. The van der Waals surface area contributed by atoms with Crippen molar-refractivity contribution in [3.05, 3.63) is 29.8 Å². The van der Waals surface area contributed by atoms with Gasteiger partial charge in [-0.3, -0.25) is 9.59 Å². The van der Waals surface area contributed by atoms with Gasteiger partial charge in [-0.15, -0.1) is 12.4 Å². The molecule has 156 valence electrons. The zero-order valence-corrected chi connectivity index (χ0v) is 16.3. The fraction of sp³-hybridized carbons (Fsp3) is 0.579. The lowest BCUT2D eigenvalue weighted by molar-refractivity contribution is -0.125. The second-order valence-corrected chi connectivity index (χ2v) is 7.07. The minimum Gasteiger partial charge on any atom is -0.434 e. The molecule has 9 heteroatoms. The first-order valence-corrected chi connectivity index (χ1v) is 9.36. The van der Waals surface area contributed by atoms with Crippen LogP contribution in [0.5, 0.6) is 5.75 Å². The van der Waals surface area contributed by atoms with Crippen LogP contribution in [-0.2, 0) is 4.79 Å². The Kier molecular flexibility index (Phi) is 8.00. The molecule has 1 aliphatic carbocycles. The molecule has 1 saturated carbocycles. The Morgan fingerprint density at radius 3 is 2.68 bits per heavy atom. The van der Waals surface area contributed by atoms with E-state index in [1.54, 1.807) is 6.07 Å². The summed E-state index contributed by atoms with van der Waals surface area (Å²) in [7, 11) is 0. The number of hydrogen-bond acceptors (Lipinski definition) is 4. The molecule has 3 rings (SSSR count). The van der Waals surface area contributed by atoms with Crippen LogP contribution in [0.4, 0.5) is 8.78 Å². The molecular weight excluding hydrogens is 392 g/mol. The molecule has 3 atom stereocenters. The van der Waals surface area contributed by atoms with E-state index in [0.717, 1.165) is 19.3 Å². The van der Waals surface area contributed by atoms with Gasteiger partial charge in [0.05, 0.1) is 5.56 Å². The quantitative estimate of drug-likeness (QED) is 0.745. The van der Waals surface area contributed by atoms with Crippen molar-refractivity contribution in [1.82, 2.24) is 10.2 Å². The number of hydrogen-bond donors (Lipinski definition) is 2. The molecule has 1 heterocycles. The molecule has 2 fully saturated rings. The van der Waals surface area contributed by atoms with Crippen LogP contribution in [0.15, 0.2) is 24.3 Å². The number of amides is 2. The molecule has 1 aliphatic heterocycles. The van der Waals surface area contributed by atoms with E-state index >= 15 is 0 Å². The van der Waals surface area contributed by atoms with Gasteiger partial charge in [0.1, 0.15) is 11.8 Å².